The van der Waals surface area contributed by atoms with Crippen LogP contribution in [0.25, 0.3) is 10.3 Å². The number of thiazole rings is 1. The van der Waals surface area contributed by atoms with Gasteiger partial charge in [0, 0.05) is 38.2 Å². The van der Waals surface area contributed by atoms with E-state index in [9.17, 15) is 0 Å². The number of rotatable bonds is 5. The molecule has 0 atom stereocenters. The van der Waals surface area contributed by atoms with Crippen LogP contribution in [-0.4, -0.2) is 32.8 Å². The minimum atomic E-state index is 0.814. The van der Waals surface area contributed by atoms with Gasteiger partial charge in [0.15, 0.2) is 10.8 Å². The van der Waals surface area contributed by atoms with Crippen LogP contribution in [0.5, 0.6) is 0 Å². The number of nitrogens with one attached hydrogen (secondary N) is 2. The van der Waals surface area contributed by atoms with E-state index in [1.165, 1.54) is 0 Å². The summed E-state index contributed by atoms with van der Waals surface area (Å²) in [5.41, 5.74) is 4.25. The van der Waals surface area contributed by atoms with Gasteiger partial charge in [0.25, 0.3) is 0 Å². The average Bonchev–Trinajstić information content (AvgIpc) is 2.99. The Morgan fingerprint density at radius 1 is 1.24 bits per heavy atom. The summed E-state index contributed by atoms with van der Waals surface area (Å²) in [6.45, 7) is 5.70. The lowest BCUT2D eigenvalue weighted by molar-refractivity contribution is 0.774. The first kappa shape index (κ1) is 13.8. The van der Waals surface area contributed by atoms with Crippen LogP contribution in [0, 0.1) is 13.8 Å². The Labute approximate surface area is 127 Å². The molecular formula is C14H18N6S. The molecule has 0 spiro atoms. The standard InChI is InChI=1S/C14H18N6S/c1-9-8-15-5-4-11(9)16-6-7-17-14-18-13-12(21-14)10(2)19-20(13)3/h4-5,8H,6-7H2,1-3H3,(H,15,16)(H,17,18). The quantitative estimate of drug-likeness (QED) is 0.709. The lowest BCUT2D eigenvalue weighted by Crippen LogP contribution is -2.14. The van der Waals surface area contributed by atoms with Gasteiger partial charge in [-0.3, -0.25) is 4.98 Å². The monoisotopic (exact) mass is 302 g/mol. The second-order valence-corrected chi connectivity index (χ2v) is 5.92. The van der Waals surface area contributed by atoms with Crippen molar-refractivity contribution in [3.63, 3.8) is 0 Å². The molecule has 3 heterocycles. The molecule has 0 aromatic carbocycles. The van der Waals surface area contributed by atoms with E-state index in [-0.39, 0.29) is 0 Å². The smallest absolute Gasteiger partial charge is 0.185 e. The van der Waals surface area contributed by atoms with Gasteiger partial charge in [-0.2, -0.15) is 5.10 Å². The number of fused-ring (bicyclic) bond motifs is 1. The average molecular weight is 302 g/mol. The number of hydrogen-bond acceptors (Lipinski definition) is 6. The molecular weight excluding hydrogens is 284 g/mol. The van der Waals surface area contributed by atoms with E-state index < -0.39 is 0 Å². The lowest BCUT2D eigenvalue weighted by atomic mass is 10.2. The summed E-state index contributed by atoms with van der Waals surface area (Å²) in [5.74, 6) is 0. The fourth-order valence-electron chi connectivity index (χ4n) is 2.20. The predicted molar refractivity (Wildman–Crippen MR) is 87.1 cm³/mol. The Hall–Kier alpha value is -2.15. The van der Waals surface area contributed by atoms with Crippen molar-refractivity contribution < 1.29 is 0 Å². The highest BCUT2D eigenvalue weighted by Crippen LogP contribution is 2.27. The number of aromatic nitrogens is 4. The molecule has 6 nitrogen and oxygen atoms in total. The third-order valence-electron chi connectivity index (χ3n) is 3.28. The molecule has 0 bridgehead atoms. The topological polar surface area (TPSA) is 67.7 Å². The maximum absolute atomic E-state index is 4.57. The molecule has 0 aliphatic heterocycles. The summed E-state index contributed by atoms with van der Waals surface area (Å²) in [6.07, 6.45) is 3.66. The largest absolute Gasteiger partial charge is 0.383 e. The van der Waals surface area contributed by atoms with Crippen LogP contribution in [0.1, 0.15) is 11.3 Å². The van der Waals surface area contributed by atoms with E-state index in [2.05, 4.69) is 25.7 Å². The van der Waals surface area contributed by atoms with Crippen molar-refractivity contribution in [1.82, 2.24) is 19.7 Å². The van der Waals surface area contributed by atoms with E-state index in [0.717, 1.165) is 45.5 Å². The zero-order valence-corrected chi connectivity index (χ0v) is 13.2. The zero-order valence-electron chi connectivity index (χ0n) is 12.3. The Kier molecular flexibility index (Phi) is 3.74. The summed E-state index contributed by atoms with van der Waals surface area (Å²) < 4.78 is 2.98. The van der Waals surface area contributed by atoms with E-state index in [1.54, 1.807) is 17.5 Å². The fourth-order valence-corrected chi connectivity index (χ4v) is 3.16. The van der Waals surface area contributed by atoms with Gasteiger partial charge in [-0.05, 0) is 25.5 Å². The van der Waals surface area contributed by atoms with Gasteiger partial charge in [0.05, 0.1) is 10.4 Å². The molecule has 0 unspecified atom stereocenters. The van der Waals surface area contributed by atoms with Gasteiger partial charge in [0.1, 0.15) is 0 Å². The third kappa shape index (κ3) is 2.82. The highest BCUT2D eigenvalue weighted by Gasteiger charge is 2.11. The molecule has 7 heteroatoms. The molecule has 0 saturated carbocycles. The van der Waals surface area contributed by atoms with Gasteiger partial charge in [-0.25, -0.2) is 9.67 Å². The highest BCUT2D eigenvalue weighted by molar-refractivity contribution is 7.22. The molecule has 0 saturated heterocycles. The zero-order chi connectivity index (χ0) is 14.8. The Morgan fingerprint density at radius 2 is 2.05 bits per heavy atom. The van der Waals surface area contributed by atoms with Gasteiger partial charge >= 0.3 is 0 Å². The number of hydrogen-bond donors (Lipinski definition) is 2. The molecule has 2 N–H and O–H groups in total. The number of nitrogens with zero attached hydrogens (tertiary/aromatic N) is 4. The Bertz CT molecular complexity index is 726. The second-order valence-electron chi connectivity index (χ2n) is 4.92. The van der Waals surface area contributed by atoms with Crippen molar-refractivity contribution in [2.45, 2.75) is 13.8 Å². The van der Waals surface area contributed by atoms with Crippen molar-refractivity contribution in [2.75, 3.05) is 23.7 Å². The molecule has 0 aliphatic rings. The molecule has 3 aromatic rings. The molecule has 0 fully saturated rings. The number of pyridine rings is 1. The van der Waals surface area contributed by atoms with Gasteiger partial charge < -0.3 is 10.6 Å². The van der Waals surface area contributed by atoms with Gasteiger partial charge in [-0.15, -0.1) is 0 Å². The first-order valence-corrected chi connectivity index (χ1v) is 7.65. The molecule has 0 aliphatic carbocycles. The molecule has 21 heavy (non-hydrogen) atoms. The van der Waals surface area contributed by atoms with Crippen LogP contribution >= 0.6 is 11.3 Å². The number of anilines is 2. The minimum absolute atomic E-state index is 0.814. The van der Waals surface area contributed by atoms with Crippen molar-refractivity contribution in [2.24, 2.45) is 7.05 Å². The van der Waals surface area contributed by atoms with E-state index in [0.29, 0.717) is 0 Å². The van der Waals surface area contributed by atoms with Crippen molar-refractivity contribution in [1.29, 1.82) is 0 Å². The van der Waals surface area contributed by atoms with Crippen LogP contribution in [-0.2, 0) is 7.05 Å². The maximum Gasteiger partial charge on any atom is 0.185 e. The van der Waals surface area contributed by atoms with Crippen molar-refractivity contribution in [3.8, 4) is 0 Å². The molecule has 110 valence electrons. The first-order chi connectivity index (χ1) is 10.1. The summed E-state index contributed by atoms with van der Waals surface area (Å²) in [5, 5.41) is 12.0. The maximum atomic E-state index is 4.57. The molecule has 3 rings (SSSR count). The van der Waals surface area contributed by atoms with Crippen molar-refractivity contribution >= 4 is 32.5 Å². The minimum Gasteiger partial charge on any atom is -0.383 e. The van der Waals surface area contributed by atoms with E-state index in [1.807, 2.05) is 37.8 Å². The molecule has 3 aromatic heterocycles. The summed E-state index contributed by atoms with van der Waals surface area (Å²) >= 11 is 1.65. The summed E-state index contributed by atoms with van der Waals surface area (Å²) in [4.78, 5) is 8.65. The van der Waals surface area contributed by atoms with Gasteiger partial charge in [0.2, 0.25) is 0 Å². The lowest BCUT2D eigenvalue weighted by Gasteiger charge is -2.08. The molecule has 0 radical (unpaired) electrons. The third-order valence-corrected chi connectivity index (χ3v) is 4.39. The van der Waals surface area contributed by atoms with Gasteiger partial charge in [-0.1, -0.05) is 11.3 Å². The van der Waals surface area contributed by atoms with Crippen LogP contribution < -0.4 is 10.6 Å². The first-order valence-electron chi connectivity index (χ1n) is 6.83. The summed E-state index contributed by atoms with van der Waals surface area (Å²) in [6, 6.07) is 1.99. The second kappa shape index (κ2) is 5.69. The Balaban J connectivity index is 1.57. The van der Waals surface area contributed by atoms with E-state index in [4.69, 9.17) is 0 Å². The number of aryl methyl sites for hydroxylation is 3. The molecule has 0 amide bonds. The van der Waals surface area contributed by atoms with Crippen LogP contribution in [0.2, 0.25) is 0 Å². The van der Waals surface area contributed by atoms with Crippen molar-refractivity contribution in [3.05, 3.63) is 29.7 Å². The van der Waals surface area contributed by atoms with Crippen LogP contribution in [0.3, 0.4) is 0 Å². The summed E-state index contributed by atoms with van der Waals surface area (Å²) in [7, 11) is 1.92. The van der Waals surface area contributed by atoms with Crippen LogP contribution in [0.15, 0.2) is 18.5 Å². The Morgan fingerprint density at radius 3 is 2.81 bits per heavy atom. The van der Waals surface area contributed by atoms with Crippen LogP contribution in [0.4, 0.5) is 10.8 Å². The predicted octanol–water partition coefficient (Wildman–Crippen LogP) is 2.57. The highest BCUT2D eigenvalue weighted by atomic mass is 32.1. The SMILES string of the molecule is Cc1cnccc1NCCNc1nc2c(s1)c(C)nn2C. The fraction of sp³-hybridized carbons (Fsp3) is 0.357. The normalized spacial score (nSPS) is 11.0. The van der Waals surface area contributed by atoms with E-state index >= 15 is 0 Å².